The van der Waals surface area contributed by atoms with Gasteiger partial charge < -0.3 is 9.72 Å². The maximum Gasteiger partial charge on any atom is 0.323 e. The van der Waals surface area contributed by atoms with E-state index >= 15 is 0 Å². The molecule has 0 saturated carbocycles. The van der Waals surface area contributed by atoms with Gasteiger partial charge in [0.05, 0.1) is 13.2 Å². The largest absolute Gasteiger partial charge is 0.468 e. The first-order valence-electron chi connectivity index (χ1n) is 8.15. The third-order valence-electron chi connectivity index (χ3n) is 5.01. The number of rotatable bonds is 2. The van der Waals surface area contributed by atoms with E-state index in [9.17, 15) is 4.79 Å². The molecule has 4 nitrogen and oxygen atoms in total. The van der Waals surface area contributed by atoms with Crippen molar-refractivity contribution >= 4 is 16.9 Å². The Bertz CT molecular complexity index is 885. The number of benzene rings is 2. The fourth-order valence-corrected chi connectivity index (χ4v) is 3.82. The minimum Gasteiger partial charge on any atom is -0.468 e. The van der Waals surface area contributed by atoms with Gasteiger partial charge in [-0.3, -0.25) is 9.69 Å². The van der Waals surface area contributed by atoms with Gasteiger partial charge in [0.25, 0.3) is 0 Å². The molecule has 122 valence electrons. The normalized spacial score (nSPS) is 20.8. The van der Waals surface area contributed by atoms with Crippen LogP contribution in [0.15, 0.2) is 54.6 Å². The second-order valence-corrected chi connectivity index (χ2v) is 6.28. The van der Waals surface area contributed by atoms with E-state index in [0.29, 0.717) is 6.42 Å². The van der Waals surface area contributed by atoms with E-state index in [2.05, 4.69) is 34.1 Å². The third-order valence-corrected chi connectivity index (χ3v) is 5.01. The Morgan fingerprint density at radius 2 is 1.83 bits per heavy atom. The lowest BCUT2D eigenvalue weighted by molar-refractivity contribution is -0.147. The lowest BCUT2D eigenvalue weighted by Crippen LogP contribution is -2.46. The molecule has 0 fully saturated rings. The molecule has 0 spiro atoms. The van der Waals surface area contributed by atoms with Crippen molar-refractivity contribution in [2.45, 2.75) is 18.5 Å². The molecule has 0 saturated heterocycles. The predicted molar refractivity (Wildman–Crippen MR) is 93.9 cm³/mol. The average Bonchev–Trinajstić information content (AvgIpc) is 2.99. The van der Waals surface area contributed by atoms with Gasteiger partial charge >= 0.3 is 5.97 Å². The molecule has 3 aromatic rings. The van der Waals surface area contributed by atoms with Crippen LogP contribution in [0.2, 0.25) is 0 Å². The molecule has 0 amide bonds. The number of nitrogens with one attached hydrogen (secondary N) is 1. The highest BCUT2D eigenvalue weighted by Crippen LogP contribution is 2.39. The number of hydrogen-bond donors (Lipinski definition) is 1. The number of hydrogen-bond acceptors (Lipinski definition) is 3. The summed E-state index contributed by atoms with van der Waals surface area (Å²) < 4.78 is 5.06. The van der Waals surface area contributed by atoms with Gasteiger partial charge in [-0.05, 0) is 24.2 Å². The van der Waals surface area contributed by atoms with Gasteiger partial charge in [0.2, 0.25) is 0 Å². The quantitative estimate of drug-likeness (QED) is 0.737. The molecule has 2 atom stereocenters. The molecule has 1 N–H and O–H groups in total. The summed E-state index contributed by atoms with van der Waals surface area (Å²) in [6.07, 6.45) is 0.659. The van der Waals surface area contributed by atoms with E-state index in [1.165, 1.54) is 29.3 Å². The third kappa shape index (κ3) is 2.22. The Morgan fingerprint density at radius 1 is 1.12 bits per heavy atom. The lowest BCUT2D eigenvalue weighted by atomic mass is 9.88. The van der Waals surface area contributed by atoms with Gasteiger partial charge in [-0.1, -0.05) is 48.5 Å². The Morgan fingerprint density at radius 3 is 2.58 bits per heavy atom. The number of carbonyl (C=O) groups excluding carboxylic acids is 1. The Labute approximate surface area is 141 Å². The van der Waals surface area contributed by atoms with Crippen LogP contribution in [-0.4, -0.2) is 36.1 Å². The molecule has 0 aliphatic carbocycles. The lowest BCUT2D eigenvalue weighted by Gasteiger charge is -2.38. The monoisotopic (exact) mass is 320 g/mol. The summed E-state index contributed by atoms with van der Waals surface area (Å²) in [5, 5.41) is 1.19. The summed E-state index contributed by atoms with van der Waals surface area (Å²) >= 11 is 0. The van der Waals surface area contributed by atoms with Crippen molar-refractivity contribution in [2.75, 3.05) is 14.2 Å². The highest BCUT2D eigenvalue weighted by Gasteiger charge is 2.39. The summed E-state index contributed by atoms with van der Waals surface area (Å²) in [5.41, 5.74) is 4.67. The number of carbonyl (C=O) groups is 1. The zero-order valence-electron chi connectivity index (χ0n) is 13.8. The van der Waals surface area contributed by atoms with E-state index in [0.717, 1.165) is 5.52 Å². The first kappa shape index (κ1) is 15.0. The molecule has 1 aromatic heterocycles. The first-order chi connectivity index (χ1) is 11.7. The molecule has 1 aliphatic heterocycles. The van der Waals surface area contributed by atoms with Gasteiger partial charge in [-0.2, -0.15) is 0 Å². The van der Waals surface area contributed by atoms with E-state index < -0.39 is 0 Å². The maximum atomic E-state index is 12.3. The Balaban J connectivity index is 1.93. The van der Waals surface area contributed by atoms with Crippen molar-refractivity contribution in [1.29, 1.82) is 0 Å². The van der Waals surface area contributed by atoms with Gasteiger partial charge in [0.15, 0.2) is 0 Å². The van der Waals surface area contributed by atoms with Crippen LogP contribution in [0.3, 0.4) is 0 Å². The van der Waals surface area contributed by atoms with Gasteiger partial charge in [-0.15, -0.1) is 0 Å². The number of nitrogens with zero attached hydrogens (tertiary/aromatic N) is 1. The average molecular weight is 320 g/mol. The second-order valence-electron chi connectivity index (χ2n) is 6.28. The number of methoxy groups -OCH3 is 1. The first-order valence-corrected chi connectivity index (χ1v) is 8.15. The summed E-state index contributed by atoms with van der Waals surface area (Å²) in [6, 6.07) is 18.3. The number of H-pyrrole nitrogens is 1. The Kier molecular flexibility index (Phi) is 3.62. The molecule has 0 unspecified atom stereocenters. The fourth-order valence-electron chi connectivity index (χ4n) is 3.82. The molecule has 1 aliphatic rings. The summed E-state index contributed by atoms with van der Waals surface area (Å²) in [5.74, 6) is -0.186. The molecule has 2 heterocycles. The predicted octanol–water partition coefficient (Wildman–Crippen LogP) is 3.29. The number of aromatic amines is 1. The summed E-state index contributed by atoms with van der Waals surface area (Å²) in [4.78, 5) is 18.0. The minimum atomic E-state index is -0.285. The van der Waals surface area contributed by atoms with Crippen LogP contribution < -0.4 is 0 Å². The highest BCUT2D eigenvalue weighted by atomic mass is 16.5. The van der Waals surface area contributed by atoms with Gasteiger partial charge in [0.1, 0.15) is 6.04 Å². The van der Waals surface area contributed by atoms with Crippen LogP contribution in [0.4, 0.5) is 0 Å². The smallest absolute Gasteiger partial charge is 0.323 e. The van der Waals surface area contributed by atoms with E-state index in [1.807, 2.05) is 37.4 Å². The fraction of sp³-hybridized carbons (Fsp3) is 0.250. The molecule has 4 rings (SSSR count). The van der Waals surface area contributed by atoms with Crippen LogP contribution in [0.25, 0.3) is 10.9 Å². The van der Waals surface area contributed by atoms with Crippen LogP contribution in [0, 0.1) is 0 Å². The van der Waals surface area contributed by atoms with E-state index in [4.69, 9.17) is 4.74 Å². The molecule has 4 heteroatoms. The number of ether oxygens (including phenoxy) is 1. The van der Waals surface area contributed by atoms with Crippen molar-refractivity contribution in [3.8, 4) is 0 Å². The van der Waals surface area contributed by atoms with Crippen molar-refractivity contribution in [3.63, 3.8) is 0 Å². The van der Waals surface area contributed by atoms with Crippen molar-refractivity contribution in [2.24, 2.45) is 0 Å². The molecular weight excluding hydrogens is 300 g/mol. The van der Waals surface area contributed by atoms with Gasteiger partial charge in [-0.25, -0.2) is 0 Å². The zero-order valence-corrected chi connectivity index (χ0v) is 13.8. The van der Waals surface area contributed by atoms with E-state index in [-0.39, 0.29) is 18.1 Å². The topological polar surface area (TPSA) is 45.3 Å². The van der Waals surface area contributed by atoms with Crippen LogP contribution in [0.1, 0.15) is 22.9 Å². The molecule has 0 bridgehead atoms. The molecule has 0 radical (unpaired) electrons. The SMILES string of the molecule is COC(=O)[C@@H]1Cc2c([nH]c3ccccc23)[C@@H](c2ccccc2)N1C. The van der Waals surface area contributed by atoms with Crippen molar-refractivity contribution in [3.05, 3.63) is 71.4 Å². The van der Waals surface area contributed by atoms with E-state index in [1.54, 1.807) is 0 Å². The minimum absolute atomic E-state index is 0.00597. The molecule has 24 heavy (non-hydrogen) atoms. The highest BCUT2D eigenvalue weighted by molar-refractivity contribution is 5.87. The van der Waals surface area contributed by atoms with Crippen LogP contribution in [-0.2, 0) is 16.0 Å². The summed E-state index contributed by atoms with van der Waals surface area (Å²) in [6.45, 7) is 0. The van der Waals surface area contributed by atoms with Gasteiger partial charge in [0, 0.05) is 23.0 Å². The van der Waals surface area contributed by atoms with Crippen LogP contribution >= 0.6 is 0 Å². The second kappa shape index (κ2) is 5.80. The number of aromatic nitrogens is 1. The summed E-state index contributed by atoms with van der Waals surface area (Å²) in [7, 11) is 3.45. The number of para-hydroxylation sites is 1. The number of likely N-dealkylation sites (N-methyl/N-ethyl adjacent to an activating group) is 1. The number of fused-ring (bicyclic) bond motifs is 3. The molecule has 2 aromatic carbocycles. The maximum absolute atomic E-state index is 12.3. The standard InChI is InChI=1S/C20H20N2O2/c1-22-17(20(23)24-2)12-15-14-10-6-7-11-16(14)21-18(15)19(22)13-8-4-3-5-9-13/h3-11,17,19,21H,12H2,1-2H3/t17-,19+/m0/s1. The van der Waals surface area contributed by atoms with Crippen LogP contribution in [0.5, 0.6) is 0 Å². The molecular formula is C20H20N2O2. The zero-order chi connectivity index (χ0) is 16.7. The van der Waals surface area contributed by atoms with Crippen molar-refractivity contribution in [1.82, 2.24) is 9.88 Å². The number of esters is 1. The Hall–Kier alpha value is -2.59. The van der Waals surface area contributed by atoms with Crippen molar-refractivity contribution < 1.29 is 9.53 Å².